The van der Waals surface area contributed by atoms with Gasteiger partial charge >= 0.3 is 6.09 Å². The molecule has 0 saturated carbocycles. The molecule has 8 nitrogen and oxygen atoms in total. The molecule has 0 aromatic rings. The molecular formula is C15H29N3O5S. The third kappa shape index (κ3) is 5.94. The lowest BCUT2D eigenvalue weighted by molar-refractivity contribution is -0.125. The maximum Gasteiger partial charge on any atom is 0.409 e. The predicted molar refractivity (Wildman–Crippen MR) is 91.0 cm³/mol. The predicted octanol–water partition coefficient (Wildman–Crippen LogP) is 0.643. The van der Waals surface area contributed by atoms with Gasteiger partial charge in [0, 0.05) is 38.6 Å². The number of hydrogen-bond donors (Lipinski definition) is 1. The van der Waals surface area contributed by atoms with E-state index in [1.54, 1.807) is 6.92 Å². The molecule has 0 radical (unpaired) electrons. The standard InChI is InChI=1S/C15H29N3O5S/c1-4-13(5-2)14(19)16-7-12-24(21,22)18-10-8-17(9-11-18)15(20)23-6-3/h13H,4-12H2,1-3H3,(H,16,19). The van der Waals surface area contributed by atoms with E-state index in [1.807, 2.05) is 13.8 Å². The second-order valence-corrected chi connectivity index (χ2v) is 7.79. The molecular weight excluding hydrogens is 334 g/mol. The summed E-state index contributed by atoms with van der Waals surface area (Å²) in [5.41, 5.74) is 0. The number of carbonyl (C=O) groups excluding carboxylic acids is 2. The van der Waals surface area contributed by atoms with Crippen molar-refractivity contribution in [2.45, 2.75) is 33.6 Å². The average Bonchev–Trinajstić information content (AvgIpc) is 2.56. The first-order chi connectivity index (χ1) is 11.4. The van der Waals surface area contributed by atoms with Crippen LogP contribution in [0.25, 0.3) is 0 Å². The summed E-state index contributed by atoms with van der Waals surface area (Å²) in [4.78, 5) is 25.0. The molecule has 0 aromatic heterocycles. The summed E-state index contributed by atoms with van der Waals surface area (Å²) in [5, 5.41) is 2.69. The molecule has 1 aliphatic heterocycles. The van der Waals surface area contributed by atoms with Crippen molar-refractivity contribution in [1.29, 1.82) is 0 Å². The number of piperazine rings is 1. The van der Waals surface area contributed by atoms with E-state index in [0.29, 0.717) is 19.7 Å². The van der Waals surface area contributed by atoms with Gasteiger partial charge in [-0.15, -0.1) is 0 Å². The van der Waals surface area contributed by atoms with Gasteiger partial charge in [-0.05, 0) is 19.8 Å². The summed E-state index contributed by atoms with van der Waals surface area (Å²) in [7, 11) is -3.44. The summed E-state index contributed by atoms with van der Waals surface area (Å²) >= 11 is 0. The minimum absolute atomic E-state index is 0.0687. The second kappa shape index (κ2) is 9.83. The number of nitrogens with one attached hydrogen (secondary N) is 1. The smallest absolute Gasteiger partial charge is 0.409 e. The third-order valence-corrected chi connectivity index (χ3v) is 6.05. The quantitative estimate of drug-likeness (QED) is 0.683. The molecule has 9 heteroatoms. The zero-order chi connectivity index (χ0) is 18.2. The molecule has 1 saturated heterocycles. The number of sulfonamides is 1. The summed E-state index contributed by atoms with van der Waals surface area (Å²) in [6.45, 7) is 7.15. The van der Waals surface area contributed by atoms with Gasteiger partial charge in [0.25, 0.3) is 0 Å². The van der Waals surface area contributed by atoms with Crippen molar-refractivity contribution in [2.24, 2.45) is 5.92 Å². The Labute approximate surface area is 144 Å². The Morgan fingerprint density at radius 2 is 1.67 bits per heavy atom. The van der Waals surface area contributed by atoms with Crippen LogP contribution in [-0.2, 0) is 19.6 Å². The Hall–Kier alpha value is -1.35. The maximum absolute atomic E-state index is 12.3. The highest BCUT2D eigenvalue weighted by atomic mass is 32.2. The Bertz CT molecular complexity index is 511. The first-order valence-electron chi connectivity index (χ1n) is 8.52. The van der Waals surface area contributed by atoms with Gasteiger partial charge in [0.2, 0.25) is 15.9 Å². The van der Waals surface area contributed by atoms with Crippen LogP contribution in [0, 0.1) is 5.92 Å². The average molecular weight is 363 g/mol. The van der Waals surface area contributed by atoms with Gasteiger partial charge in [-0.3, -0.25) is 4.79 Å². The molecule has 1 N–H and O–H groups in total. The highest BCUT2D eigenvalue weighted by molar-refractivity contribution is 7.89. The van der Waals surface area contributed by atoms with E-state index in [2.05, 4.69) is 5.32 Å². The van der Waals surface area contributed by atoms with E-state index in [1.165, 1.54) is 9.21 Å². The Morgan fingerprint density at radius 3 is 2.17 bits per heavy atom. The molecule has 0 atom stereocenters. The molecule has 1 fully saturated rings. The van der Waals surface area contributed by atoms with Gasteiger partial charge in [0.05, 0.1) is 12.4 Å². The SMILES string of the molecule is CCOC(=O)N1CCN(S(=O)(=O)CCNC(=O)C(CC)CC)CC1. The van der Waals surface area contributed by atoms with E-state index in [4.69, 9.17) is 4.74 Å². The summed E-state index contributed by atoms with van der Waals surface area (Å²) in [6, 6.07) is 0. The van der Waals surface area contributed by atoms with Gasteiger partial charge in [-0.1, -0.05) is 13.8 Å². The van der Waals surface area contributed by atoms with Gasteiger partial charge in [-0.2, -0.15) is 4.31 Å². The molecule has 1 rings (SSSR count). The van der Waals surface area contributed by atoms with Crippen LogP contribution in [0.1, 0.15) is 33.6 Å². The minimum Gasteiger partial charge on any atom is -0.450 e. The van der Waals surface area contributed by atoms with Crippen molar-refractivity contribution >= 4 is 22.0 Å². The van der Waals surface area contributed by atoms with Crippen molar-refractivity contribution in [1.82, 2.24) is 14.5 Å². The molecule has 0 aliphatic carbocycles. The van der Waals surface area contributed by atoms with Gasteiger partial charge in [0.15, 0.2) is 0 Å². The molecule has 1 heterocycles. The molecule has 0 bridgehead atoms. The van der Waals surface area contributed by atoms with Gasteiger partial charge in [-0.25, -0.2) is 13.2 Å². The normalized spacial score (nSPS) is 16.2. The number of amides is 2. The minimum atomic E-state index is -3.44. The largest absolute Gasteiger partial charge is 0.450 e. The van der Waals surface area contributed by atoms with Crippen molar-refractivity contribution in [3.63, 3.8) is 0 Å². The van der Waals surface area contributed by atoms with Crippen LogP contribution in [0.4, 0.5) is 4.79 Å². The topological polar surface area (TPSA) is 96.0 Å². The van der Waals surface area contributed by atoms with Crippen LogP contribution < -0.4 is 5.32 Å². The number of nitrogens with zero attached hydrogens (tertiary/aromatic N) is 2. The van der Waals surface area contributed by atoms with Crippen molar-refractivity contribution in [3.8, 4) is 0 Å². The zero-order valence-corrected chi connectivity index (χ0v) is 15.6. The van der Waals surface area contributed by atoms with Crippen LogP contribution in [0.15, 0.2) is 0 Å². The lowest BCUT2D eigenvalue weighted by atomic mass is 10.0. The molecule has 1 aliphatic rings. The van der Waals surface area contributed by atoms with Crippen molar-refractivity contribution in [3.05, 3.63) is 0 Å². The van der Waals surface area contributed by atoms with Crippen molar-refractivity contribution in [2.75, 3.05) is 45.1 Å². The molecule has 140 valence electrons. The highest BCUT2D eigenvalue weighted by Gasteiger charge is 2.29. The molecule has 0 aromatic carbocycles. The Balaban J connectivity index is 2.42. The van der Waals surface area contributed by atoms with E-state index in [0.717, 1.165) is 12.8 Å². The fourth-order valence-corrected chi connectivity index (χ4v) is 3.94. The lowest BCUT2D eigenvalue weighted by Gasteiger charge is -2.33. The van der Waals surface area contributed by atoms with Gasteiger partial charge < -0.3 is 15.0 Å². The van der Waals surface area contributed by atoms with Crippen LogP contribution in [-0.4, -0.2) is 74.7 Å². The van der Waals surface area contributed by atoms with E-state index in [9.17, 15) is 18.0 Å². The summed E-state index contributed by atoms with van der Waals surface area (Å²) < 4.78 is 30.9. The van der Waals surface area contributed by atoms with E-state index < -0.39 is 16.1 Å². The first-order valence-corrected chi connectivity index (χ1v) is 10.1. The molecule has 0 spiro atoms. The van der Waals surface area contributed by atoms with Gasteiger partial charge in [0.1, 0.15) is 0 Å². The fraction of sp³-hybridized carbons (Fsp3) is 0.867. The lowest BCUT2D eigenvalue weighted by Crippen LogP contribution is -2.51. The summed E-state index contributed by atoms with van der Waals surface area (Å²) in [5.74, 6) is -0.290. The fourth-order valence-electron chi connectivity index (χ4n) is 2.60. The van der Waals surface area contributed by atoms with E-state index >= 15 is 0 Å². The number of ether oxygens (including phenoxy) is 1. The Kier molecular flexibility index (Phi) is 8.47. The molecule has 0 unspecified atom stereocenters. The van der Waals surface area contributed by atoms with Crippen LogP contribution in [0.3, 0.4) is 0 Å². The van der Waals surface area contributed by atoms with Crippen LogP contribution >= 0.6 is 0 Å². The van der Waals surface area contributed by atoms with Crippen molar-refractivity contribution < 1.29 is 22.7 Å². The monoisotopic (exact) mass is 363 g/mol. The molecule has 2 amide bonds. The second-order valence-electron chi connectivity index (χ2n) is 5.71. The first kappa shape index (κ1) is 20.7. The summed E-state index contributed by atoms with van der Waals surface area (Å²) in [6.07, 6.45) is 1.07. The zero-order valence-electron chi connectivity index (χ0n) is 14.8. The van der Waals surface area contributed by atoms with Crippen LogP contribution in [0.2, 0.25) is 0 Å². The van der Waals surface area contributed by atoms with E-state index in [-0.39, 0.29) is 37.2 Å². The number of carbonyl (C=O) groups is 2. The number of rotatable bonds is 8. The Morgan fingerprint density at radius 1 is 1.08 bits per heavy atom. The molecule has 24 heavy (non-hydrogen) atoms. The number of hydrogen-bond acceptors (Lipinski definition) is 5. The third-order valence-electron chi connectivity index (χ3n) is 4.17. The maximum atomic E-state index is 12.3. The highest BCUT2D eigenvalue weighted by Crippen LogP contribution is 2.10. The van der Waals surface area contributed by atoms with Crippen LogP contribution in [0.5, 0.6) is 0 Å².